The Morgan fingerprint density at radius 1 is 0.772 bits per heavy atom. The number of hydrogen-bond acceptors (Lipinski definition) is 7. The molecule has 9 nitrogen and oxygen atoms in total. The number of aliphatic hydroxyl groups is 1. The minimum atomic E-state index is -0.966. The Balaban J connectivity index is 1.07. The number of aryl methyl sites for hydroxylation is 1. The second-order valence-corrected chi connectivity index (χ2v) is 13.9. The van der Waals surface area contributed by atoms with Crippen molar-refractivity contribution in [2.24, 2.45) is 0 Å². The lowest BCUT2D eigenvalue weighted by Gasteiger charge is -2.23. The van der Waals surface area contributed by atoms with Crippen LogP contribution in [0, 0.1) is 6.92 Å². The van der Waals surface area contributed by atoms with Gasteiger partial charge in [0.05, 0.1) is 25.3 Å². The molecule has 0 bridgehead atoms. The lowest BCUT2D eigenvalue weighted by atomic mass is 10.0. The molecule has 2 aromatic heterocycles. The Morgan fingerprint density at radius 3 is 2.23 bits per heavy atom. The quantitative estimate of drug-likeness (QED) is 0.107. The molecule has 2 N–H and O–H groups in total. The fourth-order valence-corrected chi connectivity index (χ4v) is 7.22. The van der Waals surface area contributed by atoms with Gasteiger partial charge in [-0.2, -0.15) is 0 Å². The van der Waals surface area contributed by atoms with E-state index in [-0.39, 0.29) is 19.1 Å². The lowest BCUT2D eigenvalue weighted by molar-refractivity contribution is -0.129. The van der Waals surface area contributed by atoms with Crippen molar-refractivity contribution < 1.29 is 28.5 Å². The van der Waals surface area contributed by atoms with Gasteiger partial charge < -0.3 is 33.6 Å². The third-order valence-corrected chi connectivity index (χ3v) is 10.1. The van der Waals surface area contributed by atoms with E-state index in [1.165, 1.54) is 0 Å². The molecule has 6 aromatic carbocycles. The van der Waals surface area contributed by atoms with Gasteiger partial charge in [-0.3, -0.25) is 4.79 Å². The summed E-state index contributed by atoms with van der Waals surface area (Å²) in [4.78, 5) is 18.7. The Morgan fingerprint density at radius 2 is 1.47 bits per heavy atom. The number of fused-ring (bicyclic) bond motifs is 3. The molecule has 9 heteroatoms. The van der Waals surface area contributed by atoms with Gasteiger partial charge in [0.1, 0.15) is 23.8 Å². The third-order valence-electron chi connectivity index (χ3n) is 10.1. The van der Waals surface area contributed by atoms with Gasteiger partial charge in [0, 0.05) is 34.0 Å². The molecule has 8 rings (SSSR count). The van der Waals surface area contributed by atoms with Crippen molar-refractivity contribution in [2.75, 3.05) is 13.7 Å². The number of rotatable bonds is 15. The molecule has 1 unspecified atom stereocenters. The molecule has 2 atom stereocenters. The van der Waals surface area contributed by atoms with Crippen molar-refractivity contribution in [3.05, 3.63) is 180 Å². The summed E-state index contributed by atoms with van der Waals surface area (Å²) < 4.78 is 27.0. The van der Waals surface area contributed by atoms with Crippen LogP contribution in [0.3, 0.4) is 0 Å². The van der Waals surface area contributed by atoms with Crippen LogP contribution in [0.25, 0.3) is 33.3 Å². The van der Waals surface area contributed by atoms with Crippen LogP contribution >= 0.6 is 0 Å². The smallest absolute Gasteiger partial charge is 0.266 e. The zero-order valence-corrected chi connectivity index (χ0v) is 31.8. The maximum atomic E-state index is 14.1. The lowest BCUT2D eigenvalue weighted by Crippen LogP contribution is -2.43. The second kappa shape index (κ2) is 16.9. The summed E-state index contributed by atoms with van der Waals surface area (Å²) in [5, 5.41) is 15.2. The van der Waals surface area contributed by atoms with Crippen molar-refractivity contribution in [3.63, 3.8) is 0 Å². The highest BCUT2D eigenvalue weighted by Gasteiger charge is 2.27. The Bertz CT molecular complexity index is 2600. The maximum absolute atomic E-state index is 14.1. The zero-order valence-electron chi connectivity index (χ0n) is 31.8. The van der Waals surface area contributed by atoms with E-state index in [9.17, 15) is 9.90 Å². The van der Waals surface area contributed by atoms with E-state index in [1.807, 2.05) is 140 Å². The molecular weight excluding hydrogens is 715 g/mol. The summed E-state index contributed by atoms with van der Waals surface area (Å²) in [5.74, 6) is 2.71. The molecule has 0 fully saturated rings. The van der Waals surface area contributed by atoms with Crippen LogP contribution in [-0.2, 0) is 24.4 Å². The van der Waals surface area contributed by atoms with Crippen LogP contribution in [0.2, 0.25) is 0 Å². The number of aliphatic hydroxyl groups excluding tert-OH is 1. The molecule has 0 aliphatic heterocycles. The molecule has 0 aliphatic carbocycles. The Hall–Kier alpha value is -6.84. The number of para-hydroxylation sites is 1. The van der Waals surface area contributed by atoms with E-state index >= 15 is 0 Å². The standard InChI is InChI=1S/C48H43N3O6/c1-32-39(50-48(56-32)36-19-10-5-11-20-36)31-55-42-26-25-34(28-44(42)54-2)29-51-40-22-13-12-21-38(40)45-41(51)23-14-24-43(45)57-46(35-17-8-4-9-18-35)47(53)49-37(30-52)27-33-15-6-3-7-16-33/h3-26,28,37,46,52H,27,29-31H2,1-2H3,(H,49,53)/t37-,46?/m0/s1. The van der Waals surface area contributed by atoms with Crippen molar-refractivity contribution >= 4 is 27.7 Å². The third kappa shape index (κ3) is 8.10. The highest BCUT2D eigenvalue weighted by molar-refractivity contribution is 6.11. The van der Waals surface area contributed by atoms with Gasteiger partial charge in [-0.05, 0) is 66.9 Å². The van der Waals surface area contributed by atoms with E-state index in [0.29, 0.717) is 47.4 Å². The predicted octanol–water partition coefficient (Wildman–Crippen LogP) is 9.23. The monoisotopic (exact) mass is 757 g/mol. The molecule has 57 heavy (non-hydrogen) atoms. The van der Waals surface area contributed by atoms with E-state index in [4.69, 9.17) is 18.6 Å². The fraction of sp³-hybridized carbons (Fsp3) is 0.167. The van der Waals surface area contributed by atoms with Gasteiger partial charge in [-0.25, -0.2) is 4.98 Å². The number of aromatic nitrogens is 2. The number of amides is 1. The highest BCUT2D eigenvalue weighted by atomic mass is 16.5. The van der Waals surface area contributed by atoms with E-state index < -0.39 is 12.1 Å². The van der Waals surface area contributed by atoms with Gasteiger partial charge in [0.2, 0.25) is 12.0 Å². The average molecular weight is 758 g/mol. The molecule has 0 aliphatic rings. The van der Waals surface area contributed by atoms with Crippen molar-refractivity contribution in [1.82, 2.24) is 14.9 Å². The Labute approximate surface area is 331 Å². The fourth-order valence-electron chi connectivity index (χ4n) is 7.22. The van der Waals surface area contributed by atoms with Crippen LogP contribution < -0.4 is 19.5 Å². The number of oxazole rings is 1. The van der Waals surface area contributed by atoms with Crippen molar-refractivity contribution in [3.8, 4) is 28.7 Å². The molecule has 286 valence electrons. The van der Waals surface area contributed by atoms with Crippen molar-refractivity contribution in [1.29, 1.82) is 0 Å². The zero-order chi connectivity index (χ0) is 39.1. The first-order chi connectivity index (χ1) is 28.0. The van der Waals surface area contributed by atoms with Crippen LogP contribution in [0.1, 0.15) is 34.2 Å². The minimum Gasteiger partial charge on any atom is -0.493 e. The van der Waals surface area contributed by atoms with Crippen molar-refractivity contribution in [2.45, 2.75) is 38.6 Å². The number of carbonyl (C=O) groups is 1. The number of nitrogens with zero attached hydrogens (tertiary/aromatic N) is 2. The van der Waals surface area contributed by atoms with Gasteiger partial charge in [0.15, 0.2) is 11.5 Å². The van der Waals surface area contributed by atoms with E-state index in [1.54, 1.807) is 7.11 Å². The maximum Gasteiger partial charge on any atom is 0.266 e. The minimum absolute atomic E-state index is 0.208. The van der Waals surface area contributed by atoms with E-state index in [2.05, 4.69) is 33.1 Å². The summed E-state index contributed by atoms with van der Waals surface area (Å²) in [7, 11) is 1.63. The largest absolute Gasteiger partial charge is 0.493 e. The SMILES string of the molecule is COc1cc(Cn2c3ccccc3c3c(OC(C(=O)N[C@H](CO)Cc4ccccc4)c4ccccc4)cccc32)ccc1OCc1nc(-c2ccccc2)oc1C. The first kappa shape index (κ1) is 37.1. The number of carbonyl (C=O) groups excluding carboxylic acids is 1. The number of nitrogens with one attached hydrogen (secondary N) is 1. The second-order valence-electron chi connectivity index (χ2n) is 13.9. The molecule has 0 saturated heterocycles. The molecule has 0 radical (unpaired) electrons. The molecule has 8 aromatic rings. The molecular formula is C48H43N3O6. The summed E-state index contributed by atoms with van der Waals surface area (Å²) in [5.41, 5.74) is 6.32. The number of methoxy groups -OCH3 is 1. The number of ether oxygens (including phenoxy) is 3. The summed E-state index contributed by atoms with van der Waals surface area (Å²) in [6.45, 7) is 2.44. The van der Waals surface area contributed by atoms with Gasteiger partial charge in [-0.1, -0.05) is 109 Å². The van der Waals surface area contributed by atoms with Gasteiger partial charge in [0.25, 0.3) is 5.91 Å². The van der Waals surface area contributed by atoms with Crippen LogP contribution in [0.4, 0.5) is 0 Å². The van der Waals surface area contributed by atoms with E-state index in [0.717, 1.165) is 44.2 Å². The van der Waals surface area contributed by atoms with Crippen LogP contribution in [-0.4, -0.2) is 40.3 Å². The van der Waals surface area contributed by atoms with Crippen LogP contribution in [0.15, 0.2) is 156 Å². The van der Waals surface area contributed by atoms with Crippen LogP contribution in [0.5, 0.6) is 17.2 Å². The first-order valence-electron chi connectivity index (χ1n) is 19.0. The normalized spacial score (nSPS) is 12.3. The number of hydrogen-bond donors (Lipinski definition) is 2. The average Bonchev–Trinajstić information content (AvgIpc) is 3.80. The Kier molecular flexibility index (Phi) is 11.0. The van der Waals surface area contributed by atoms with Gasteiger partial charge >= 0.3 is 0 Å². The molecule has 0 saturated carbocycles. The topological polar surface area (TPSA) is 108 Å². The summed E-state index contributed by atoms with van der Waals surface area (Å²) >= 11 is 0. The molecule has 1 amide bonds. The highest BCUT2D eigenvalue weighted by Crippen LogP contribution is 2.39. The predicted molar refractivity (Wildman–Crippen MR) is 222 cm³/mol. The number of benzene rings is 6. The molecule has 2 heterocycles. The summed E-state index contributed by atoms with van der Waals surface area (Å²) in [6.07, 6.45) is -0.478. The summed E-state index contributed by atoms with van der Waals surface area (Å²) in [6, 6.07) is 48.6. The first-order valence-corrected chi connectivity index (χ1v) is 19.0. The van der Waals surface area contributed by atoms with Gasteiger partial charge in [-0.15, -0.1) is 0 Å². The molecule has 0 spiro atoms.